The number of hydrogen-bond acceptors (Lipinski definition) is 17. The first-order valence-electron chi connectivity index (χ1n) is 32.1. The molecule has 13 atom stereocenters. The fourth-order valence-electron chi connectivity index (χ4n) is 10.6. The molecule has 2 fully saturated rings. The normalized spacial score (nSPS) is 25.5. The first kappa shape index (κ1) is 74.5. The van der Waals surface area contributed by atoms with Crippen LogP contribution in [0.4, 0.5) is 0 Å². The summed E-state index contributed by atoms with van der Waals surface area (Å²) in [5.41, 5.74) is 6.06. The van der Waals surface area contributed by atoms with Gasteiger partial charge in [-0.15, -0.1) is 0 Å². The van der Waals surface area contributed by atoms with Gasteiger partial charge in [-0.3, -0.25) is 18.6 Å². The Labute approximate surface area is 482 Å². The van der Waals surface area contributed by atoms with E-state index in [0.717, 1.165) is 51.4 Å². The molecular weight excluding hydrogens is 1050 g/mol. The minimum atomic E-state index is -5.35. The molecule has 18 nitrogen and oxygen atoms in total. The Morgan fingerprint density at radius 1 is 0.512 bits per heavy atom. The number of phosphoric ester groups is 1. The minimum Gasteiger partial charge on any atom is -0.463 e. The number of carbonyl (C=O) groups is 2. The van der Waals surface area contributed by atoms with E-state index in [2.05, 4.69) is 26.0 Å². The molecule has 2 aliphatic rings. The van der Waals surface area contributed by atoms with E-state index in [1.807, 2.05) is 0 Å². The summed E-state index contributed by atoms with van der Waals surface area (Å²) >= 11 is 0. The zero-order valence-corrected chi connectivity index (χ0v) is 50.7. The van der Waals surface area contributed by atoms with Gasteiger partial charge < -0.3 is 65.3 Å². The van der Waals surface area contributed by atoms with Crippen LogP contribution in [-0.2, 0) is 42.1 Å². The molecule has 1 saturated carbocycles. The molecule has 6 unspecified atom stereocenters. The largest absolute Gasteiger partial charge is 0.472 e. The molecule has 10 N–H and O–H groups in total. The van der Waals surface area contributed by atoms with Gasteiger partial charge in [0.2, 0.25) is 0 Å². The Bertz CT molecular complexity index is 1580. The molecule has 0 aromatic heterocycles. The van der Waals surface area contributed by atoms with Gasteiger partial charge in [-0.05, 0) is 38.5 Å². The van der Waals surface area contributed by atoms with Gasteiger partial charge in [-0.2, -0.15) is 0 Å². The van der Waals surface area contributed by atoms with Crippen LogP contribution in [0.3, 0.4) is 0 Å². The summed E-state index contributed by atoms with van der Waals surface area (Å²) in [7, 11) is -5.35. The second kappa shape index (κ2) is 47.6. The van der Waals surface area contributed by atoms with E-state index in [4.69, 9.17) is 33.7 Å². The van der Waals surface area contributed by atoms with Gasteiger partial charge in [0, 0.05) is 12.8 Å². The number of hydrogen-bond donors (Lipinski definition) is 9. The van der Waals surface area contributed by atoms with E-state index < -0.39 is 113 Å². The molecule has 1 aliphatic heterocycles. The van der Waals surface area contributed by atoms with Crippen molar-refractivity contribution in [3.8, 4) is 0 Å². The highest BCUT2D eigenvalue weighted by molar-refractivity contribution is 7.47. The van der Waals surface area contributed by atoms with Gasteiger partial charge in [-0.1, -0.05) is 231 Å². The number of phosphoric acid groups is 1. The maximum absolute atomic E-state index is 13.5. The quantitative estimate of drug-likeness (QED) is 0.0118. The molecule has 1 aliphatic carbocycles. The average molecular weight is 1170 g/mol. The zero-order valence-electron chi connectivity index (χ0n) is 49.8. The molecule has 0 spiro atoms. The highest BCUT2D eigenvalue weighted by Crippen LogP contribution is 2.48. The second-order valence-corrected chi connectivity index (χ2v) is 24.5. The van der Waals surface area contributed by atoms with Crippen LogP contribution in [0.5, 0.6) is 0 Å². The summed E-state index contributed by atoms with van der Waals surface area (Å²) in [4.78, 5) is 36.6. The van der Waals surface area contributed by atoms with Crippen molar-refractivity contribution in [1.29, 1.82) is 0 Å². The predicted octanol–water partition coefficient (Wildman–Crippen LogP) is 10.8. The van der Waals surface area contributed by atoms with E-state index in [0.29, 0.717) is 19.3 Å². The van der Waals surface area contributed by atoms with Crippen molar-refractivity contribution in [3.05, 3.63) is 12.2 Å². The smallest absolute Gasteiger partial charge is 0.463 e. The molecule has 0 aromatic carbocycles. The summed E-state index contributed by atoms with van der Waals surface area (Å²) in [6.45, 7) is 2.23. The SMILES string of the molecule is CCCCCCCC/C=C\CCCCCCCCCCCCCCCCCCCC(=O)OC[C@@H](O)COP(=O)(O)O[C@@H]1C(OC(=O)CCCCCCCCCCCCCCC)[C@H](O)C(O)C(O)[C@H]1O[C@H]1OC(CO)[C@@H](O)[C@H](O)C1N. The van der Waals surface area contributed by atoms with Crippen molar-refractivity contribution >= 4 is 19.8 Å². The van der Waals surface area contributed by atoms with Gasteiger partial charge in [0.25, 0.3) is 0 Å². The first-order chi connectivity index (χ1) is 38.7. The summed E-state index contributed by atoms with van der Waals surface area (Å²) in [6.07, 6.45) is 29.6. The zero-order chi connectivity index (χ0) is 58.6. The van der Waals surface area contributed by atoms with Gasteiger partial charge >= 0.3 is 19.8 Å². The number of carbonyl (C=O) groups excluding carboxylic acids is 2. The molecule has 0 radical (unpaired) electrons. The lowest BCUT2D eigenvalue weighted by molar-refractivity contribution is -0.316. The molecular formula is C61H116NO17P. The number of unbranched alkanes of at least 4 members (excludes halogenated alkanes) is 35. The van der Waals surface area contributed by atoms with Gasteiger partial charge in [0.05, 0.1) is 19.3 Å². The van der Waals surface area contributed by atoms with E-state index in [9.17, 15) is 54.8 Å². The van der Waals surface area contributed by atoms with Gasteiger partial charge in [0.1, 0.15) is 61.5 Å². The number of aliphatic hydroxyl groups is 7. The molecule has 0 amide bonds. The maximum atomic E-state index is 13.5. The summed E-state index contributed by atoms with van der Waals surface area (Å²) in [6, 6.07) is -1.53. The Morgan fingerprint density at radius 2 is 0.900 bits per heavy atom. The van der Waals surface area contributed by atoms with Crippen LogP contribution in [0.2, 0.25) is 0 Å². The fourth-order valence-corrected chi connectivity index (χ4v) is 11.6. The van der Waals surface area contributed by atoms with Crippen LogP contribution in [0.15, 0.2) is 12.2 Å². The molecule has 80 heavy (non-hydrogen) atoms. The number of ether oxygens (including phenoxy) is 4. The van der Waals surface area contributed by atoms with E-state index in [-0.39, 0.29) is 12.8 Å². The van der Waals surface area contributed by atoms with Crippen molar-refractivity contribution in [2.24, 2.45) is 5.73 Å². The summed E-state index contributed by atoms with van der Waals surface area (Å²) in [5.74, 6) is -1.41. The molecule has 2 rings (SSSR count). The Kier molecular flexibility index (Phi) is 44.3. The average Bonchev–Trinajstić information content (AvgIpc) is 3.46. The van der Waals surface area contributed by atoms with Gasteiger partial charge in [0.15, 0.2) is 12.4 Å². The van der Waals surface area contributed by atoms with E-state index in [1.54, 1.807) is 0 Å². The second-order valence-electron chi connectivity index (χ2n) is 23.1. The van der Waals surface area contributed by atoms with Crippen LogP contribution in [0.25, 0.3) is 0 Å². The Hall–Kier alpha value is -1.61. The van der Waals surface area contributed by atoms with Crippen LogP contribution >= 0.6 is 7.82 Å². The fraction of sp³-hybridized carbons (Fsp3) is 0.934. The minimum absolute atomic E-state index is 0.117. The van der Waals surface area contributed by atoms with Crippen LogP contribution in [-0.4, -0.2) is 146 Å². The van der Waals surface area contributed by atoms with Crippen molar-refractivity contribution in [2.45, 2.75) is 344 Å². The summed E-state index contributed by atoms with van der Waals surface area (Å²) < 4.78 is 46.0. The lowest BCUT2D eigenvalue weighted by atomic mass is 9.84. The number of esters is 2. The predicted molar refractivity (Wildman–Crippen MR) is 311 cm³/mol. The third-order valence-electron chi connectivity index (χ3n) is 15.8. The van der Waals surface area contributed by atoms with E-state index >= 15 is 0 Å². The van der Waals surface area contributed by atoms with Crippen molar-refractivity contribution in [3.63, 3.8) is 0 Å². The maximum Gasteiger partial charge on any atom is 0.472 e. The van der Waals surface area contributed by atoms with Crippen LogP contribution in [0, 0.1) is 0 Å². The molecule has 0 bridgehead atoms. The standard InChI is InChI=1S/C61H116NO17P/c1-3-5-7-9-11-13-15-17-18-19-20-21-22-23-24-25-26-27-28-29-30-32-33-35-37-39-41-43-50(65)74-46-48(64)47-75-80(72,73)79-60-58(77-51(66)44-42-40-38-36-34-31-16-14-12-10-8-6-4-2)56(70)55(69)57(71)59(60)78-61-52(62)54(68)53(67)49(45-63)76-61/h17-18,48-49,52-61,63-64,67-71H,3-16,19-47,62H2,1-2H3,(H,72,73)/b18-17-/t48-,49?,52?,53-,54-,55?,56-,57?,58?,59-,60-,61-/m1/s1. The van der Waals surface area contributed by atoms with Crippen LogP contribution < -0.4 is 5.73 Å². The molecule has 0 aromatic rings. The third-order valence-corrected chi connectivity index (χ3v) is 16.7. The highest BCUT2D eigenvalue weighted by Gasteiger charge is 2.57. The monoisotopic (exact) mass is 1170 g/mol. The Morgan fingerprint density at radius 3 is 1.32 bits per heavy atom. The number of nitrogens with two attached hydrogens (primary N) is 1. The third kappa shape index (κ3) is 34.4. The molecule has 1 heterocycles. The number of rotatable bonds is 52. The van der Waals surface area contributed by atoms with Gasteiger partial charge in [-0.25, -0.2) is 4.57 Å². The lowest BCUT2D eigenvalue weighted by Crippen LogP contribution is -2.69. The van der Waals surface area contributed by atoms with Crippen molar-refractivity contribution in [1.82, 2.24) is 0 Å². The van der Waals surface area contributed by atoms with E-state index in [1.165, 1.54) is 173 Å². The first-order valence-corrected chi connectivity index (χ1v) is 33.6. The Balaban J connectivity index is 1.70. The lowest BCUT2D eigenvalue weighted by Gasteiger charge is -2.48. The highest BCUT2D eigenvalue weighted by atomic mass is 31.2. The molecule has 1 saturated heterocycles. The van der Waals surface area contributed by atoms with Crippen LogP contribution in [0.1, 0.15) is 271 Å². The number of aliphatic hydroxyl groups excluding tert-OH is 7. The molecule has 472 valence electrons. The van der Waals surface area contributed by atoms with Crippen molar-refractivity contribution in [2.75, 3.05) is 19.8 Å². The topological polar surface area (TPSA) is 294 Å². The molecule has 19 heteroatoms. The van der Waals surface area contributed by atoms with Crippen molar-refractivity contribution < 1.29 is 82.8 Å². The number of allylic oxidation sites excluding steroid dienone is 2. The summed E-state index contributed by atoms with van der Waals surface area (Å²) in [5, 5.41) is 74.4.